The monoisotopic (exact) mass is 145 g/mol. The van der Waals surface area contributed by atoms with Crippen LogP contribution in [0.1, 0.15) is 42.0 Å². The molecule has 0 aromatic heterocycles. The highest BCUT2D eigenvalue weighted by Gasteiger charge is 1.63. The smallest absolute Gasteiger partial charge is 0.0112 e. The summed E-state index contributed by atoms with van der Waals surface area (Å²) in [6.07, 6.45) is 6.45. The number of allylic oxidation sites excluding steroid dienone is 1. The zero-order chi connectivity index (χ0) is 8.24. The van der Waals surface area contributed by atoms with E-state index in [1.807, 2.05) is 6.20 Å². The van der Waals surface area contributed by atoms with Crippen molar-refractivity contribution in [3.63, 3.8) is 0 Å². The Kier molecular flexibility index (Phi) is 19.4. The summed E-state index contributed by atoms with van der Waals surface area (Å²) in [6.45, 7) is 9.48. The van der Waals surface area contributed by atoms with Crippen LogP contribution >= 0.6 is 0 Å². The second kappa shape index (κ2) is 15.8. The third-order valence-corrected chi connectivity index (χ3v) is 0.676. The second-order valence-electron chi connectivity index (χ2n) is 2.08. The van der Waals surface area contributed by atoms with Crippen LogP contribution in [0.25, 0.3) is 0 Å². The molecule has 0 aromatic carbocycles. The highest BCUT2D eigenvalue weighted by atomic mass is 14.8. The molecule has 10 heavy (non-hydrogen) atoms. The largest absolute Gasteiger partial charge is 0.391 e. The Morgan fingerprint density at radius 2 is 1.70 bits per heavy atom. The van der Waals surface area contributed by atoms with Gasteiger partial charge in [-0.2, -0.15) is 0 Å². The highest BCUT2D eigenvalue weighted by Crippen LogP contribution is 1.73. The predicted octanol–water partition coefficient (Wildman–Crippen LogP) is 3.18. The minimum Gasteiger partial charge on any atom is -0.391 e. The van der Waals surface area contributed by atoms with Gasteiger partial charge in [0.1, 0.15) is 0 Å². The van der Waals surface area contributed by atoms with Crippen LogP contribution in [0.5, 0.6) is 0 Å². The molecule has 0 aliphatic heterocycles. The lowest BCUT2D eigenvalue weighted by molar-refractivity contribution is 0.912. The Labute approximate surface area is 67.0 Å². The molecule has 0 aliphatic rings. The van der Waals surface area contributed by atoms with E-state index in [4.69, 9.17) is 0 Å². The maximum absolute atomic E-state index is 3.07. The number of hydrogen-bond acceptors (Lipinski definition) is 1. The van der Waals surface area contributed by atoms with Crippen molar-refractivity contribution in [2.75, 3.05) is 6.54 Å². The highest BCUT2D eigenvalue weighted by molar-refractivity contribution is 4.76. The summed E-state index contributed by atoms with van der Waals surface area (Å²) >= 11 is 0. The first-order valence-electron chi connectivity index (χ1n) is 4.21. The van der Waals surface area contributed by atoms with Crippen LogP contribution in [0.4, 0.5) is 0 Å². The Morgan fingerprint density at radius 1 is 1.20 bits per heavy atom. The molecular weight excluding hydrogens is 122 g/mol. The van der Waals surface area contributed by atoms with Gasteiger partial charge in [-0.1, -0.05) is 33.3 Å². The second-order valence-corrected chi connectivity index (χ2v) is 2.08. The Hall–Kier alpha value is -0.460. The fourth-order valence-corrected chi connectivity index (χ4v) is 0.319. The van der Waals surface area contributed by atoms with E-state index in [-0.39, 0.29) is 1.43 Å². The van der Waals surface area contributed by atoms with Crippen molar-refractivity contribution < 1.29 is 1.43 Å². The molecule has 0 saturated carbocycles. The fourth-order valence-electron chi connectivity index (χ4n) is 0.319. The van der Waals surface area contributed by atoms with Crippen LogP contribution < -0.4 is 5.32 Å². The molecule has 1 N–H and O–H groups in total. The van der Waals surface area contributed by atoms with E-state index >= 15 is 0 Å². The average Bonchev–Trinajstić information content (AvgIpc) is 1.91. The van der Waals surface area contributed by atoms with Gasteiger partial charge >= 0.3 is 0 Å². The summed E-state index contributed by atoms with van der Waals surface area (Å²) in [6, 6.07) is 0. The zero-order valence-electron chi connectivity index (χ0n) is 7.78. The molecule has 0 amide bonds. The van der Waals surface area contributed by atoms with Crippen LogP contribution in [0.15, 0.2) is 12.3 Å². The standard InChI is InChI=1S/C6H13N.C3H8.H2/c1-3-5-6-7-4-2;1-3-2;/h5-7H,3-4H2,1-2H3;3H2,1-2H3;1H/b6-5-;;. The van der Waals surface area contributed by atoms with Crippen LogP contribution in [0.3, 0.4) is 0 Å². The van der Waals surface area contributed by atoms with Gasteiger partial charge in [0.2, 0.25) is 0 Å². The fraction of sp³-hybridized carbons (Fsp3) is 0.778. The number of nitrogens with one attached hydrogen (secondary N) is 1. The van der Waals surface area contributed by atoms with Gasteiger partial charge in [0.15, 0.2) is 0 Å². The van der Waals surface area contributed by atoms with Crippen molar-refractivity contribution >= 4 is 0 Å². The van der Waals surface area contributed by atoms with Gasteiger partial charge in [0, 0.05) is 7.97 Å². The van der Waals surface area contributed by atoms with E-state index in [1.165, 1.54) is 6.42 Å². The van der Waals surface area contributed by atoms with Gasteiger partial charge in [0.05, 0.1) is 0 Å². The van der Waals surface area contributed by atoms with Gasteiger partial charge in [-0.3, -0.25) is 0 Å². The third-order valence-electron chi connectivity index (χ3n) is 0.676. The summed E-state index contributed by atoms with van der Waals surface area (Å²) in [4.78, 5) is 0. The molecule has 0 heterocycles. The third kappa shape index (κ3) is 25.7. The van der Waals surface area contributed by atoms with E-state index in [9.17, 15) is 0 Å². The topological polar surface area (TPSA) is 12.0 Å². The van der Waals surface area contributed by atoms with Crippen molar-refractivity contribution in [2.24, 2.45) is 0 Å². The molecular formula is C9H23N. The van der Waals surface area contributed by atoms with E-state index in [1.54, 1.807) is 0 Å². The van der Waals surface area contributed by atoms with E-state index < -0.39 is 0 Å². The Bertz CT molecular complexity index is 62.6. The Balaban J connectivity index is -0.000000140. The summed E-state index contributed by atoms with van der Waals surface area (Å²) < 4.78 is 0. The molecule has 0 fully saturated rings. The maximum atomic E-state index is 3.07. The average molecular weight is 145 g/mol. The Morgan fingerprint density at radius 3 is 2.00 bits per heavy atom. The summed E-state index contributed by atoms with van der Waals surface area (Å²) in [7, 11) is 0. The molecule has 0 bridgehead atoms. The minimum atomic E-state index is 0. The SMILES string of the molecule is CC/C=C\NCC.CCC.[HH]. The lowest BCUT2D eigenvalue weighted by Crippen LogP contribution is -2.00. The van der Waals surface area contributed by atoms with Gasteiger partial charge in [-0.05, 0) is 19.5 Å². The van der Waals surface area contributed by atoms with E-state index in [0.717, 1.165) is 13.0 Å². The first kappa shape index (κ1) is 12.2. The van der Waals surface area contributed by atoms with E-state index in [2.05, 4.69) is 39.1 Å². The molecule has 0 atom stereocenters. The van der Waals surface area contributed by atoms with Gasteiger partial charge in [0.25, 0.3) is 0 Å². The first-order valence-corrected chi connectivity index (χ1v) is 4.21. The van der Waals surface area contributed by atoms with Crippen molar-refractivity contribution in [3.05, 3.63) is 12.3 Å². The van der Waals surface area contributed by atoms with Crippen molar-refractivity contribution in [2.45, 2.75) is 40.5 Å². The summed E-state index contributed by atoms with van der Waals surface area (Å²) in [5.41, 5.74) is 0. The van der Waals surface area contributed by atoms with Gasteiger partial charge in [-0.25, -0.2) is 0 Å². The molecule has 1 nitrogen and oxygen atoms in total. The summed E-state index contributed by atoms with van der Waals surface area (Å²) in [5.74, 6) is 0. The number of hydrogen-bond donors (Lipinski definition) is 1. The molecule has 0 rings (SSSR count). The molecule has 0 radical (unpaired) electrons. The van der Waals surface area contributed by atoms with Crippen LogP contribution in [0, 0.1) is 0 Å². The van der Waals surface area contributed by atoms with Crippen molar-refractivity contribution in [3.8, 4) is 0 Å². The predicted molar refractivity (Wildman–Crippen MR) is 51.2 cm³/mol. The molecule has 0 aromatic rings. The molecule has 0 spiro atoms. The first-order chi connectivity index (χ1) is 4.83. The molecule has 0 unspecified atom stereocenters. The maximum Gasteiger partial charge on any atom is 0.0112 e. The minimum absolute atomic E-state index is 0. The van der Waals surface area contributed by atoms with Crippen molar-refractivity contribution in [1.29, 1.82) is 0 Å². The molecule has 1 heteroatoms. The lowest BCUT2D eigenvalue weighted by Gasteiger charge is -1.87. The number of rotatable bonds is 3. The summed E-state index contributed by atoms with van der Waals surface area (Å²) in [5, 5.41) is 3.07. The quantitative estimate of drug-likeness (QED) is 0.643. The van der Waals surface area contributed by atoms with Crippen LogP contribution in [0.2, 0.25) is 0 Å². The van der Waals surface area contributed by atoms with Crippen LogP contribution in [-0.4, -0.2) is 6.54 Å². The van der Waals surface area contributed by atoms with E-state index in [0.29, 0.717) is 0 Å². The normalized spacial score (nSPS) is 8.80. The van der Waals surface area contributed by atoms with Crippen LogP contribution in [-0.2, 0) is 0 Å². The van der Waals surface area contributed by atoms with Gasteiger partial charge < -0.3 is 5.32 Å². The zero-order valence-corrected chi connectivity index (χ0v) is 7.78. The lowest BCUT2D eigenvalue weighted by atomic mass is 10.5. The molecule has 0 saturated heterocycles. The van der Waals surface area contributed by atoms with Crippen molar-refractivity contribution in [1.82, 2.24) is 5.32 Å². The molecule has 0 aliphatic carbocycles. The van der Waals surface area contributed by atoms with Gasteiger partial charge in [-0.15, -0.1) is 0 Å². The molecule has 64 valence electrons.